The fourth-order valence-electron chi connectivity index (χ4n) is 1.46. The summed E-state index contributed by atoms with van der Waals surface area (Å²) in [5.74, 6) is 0. The zero-order valence-electron chi connectivity index (χ0n) is 9.11. The van der Waals surface area contributed by atoms with E-state index in [2.05, 4.69) is 13.8 Å². The van der Waals surface area contributed by atoms with Crippen LogP contribution in [-0.2, 0) is 9.47 Å². The standard InChI is InChI=1S/C10H21NO3/c1-3-5-11(6-4-2)10(12)14-9-7-13-8-9/h9-10,12H,3-8H2,1-2H3. The van der Waals surface area contributed by atoms with Gasteiger partial charge in [-0.3, -0.25) is 4.90 Å². The first-order chi connectivity index (χ1) is 6.77. The van der Waals surface area contributed by atoms with Crippen LogP contribution in [0.15, 0.2) is 0 Å². The number of aliphatic hydroxyl groups is 1. The Morgan fingerprint density at radius 3 is 2.29 bits per heavy atom. The first-order valence-corrected chi connectivity index (χ1v) is 5.43. The van der Waals surface area contributed by atoms with Crippen LogP contribution in [-0.4, -0.2) is 48.8 Å². The molecule has 0 bridgehead atoms. The highest BCUT2D eigenvalue weighted by molar-refractivity contribution is 4.65. The number of aliphatic hydroxyl groups excluding tert-OH is 1. The second-order valence-electron chi connectivity index (χ2n) is 3.66. The first kappa shape index (κ1) is 11.9. The molecule has 14 heavy (non-hydrogen) atoms. The van der Waals surface area contributed by atoms with Gasteiger partial charge in [0, 0.05) is 13.1 Å². The van der Waals surface area contributed by atoms with E-state index < -0.39 is 6.41 Å². The highest BCUT2D eigenvalue weighted by atomic mass is 16.7. The Labute approximate surface area is 85.8 Å². The van der Waals surface area contributed by atoms with E-state index >= 15 is 0 Å². The molecule has 0 spiro atoms. The SMILES string of the molecule is CCCN(CCC)C(O)OC1COC1. The normalized spacial score (nSPS) is 19.7. The Morgan fingerprint density at radius 1 is 1.36 bits per heavy atom. The maximum atomic E-state index is 9.75. The van der Waals surface area contributed by atoms with Crippen LogP contribution in [0.4, 0.5) is 0 Å². The van der Waals surface area contributed by atoms with Crippen LogP contribution in [0.25, 0.3) is 0 Å². The van der Waals surface area contributed by atoms with E-state index in [4.69, 9.17) is 9.47 Å². The van der Waals surface area contributed by atoms with E-state index in [1.54, 1.807) is 0 Å². The Morgan fingerprint density at radius 2 is 1.93 bits per heavy atom. The van der Waals surface area contributed by atoms with E-state index in [0.29, 0.717) is 13.2 Å². The molecule has 0 aliphatic carbocycles. The lowest BCUT2D eigenvalue weighted by Gasteiger charge is -2.33. The summed E-state index contributed by atoms with van der Waals surface area (Å²) in [7, 11) is 0. The molecule has 1 N–H and O–H groups in total. The van der Waals surface area contributed by atoms with Gasteiger partial charge in [0.1, 0.15) is 6.10 Å². The van der Waals surface area contributed by atoms with Crippen molar-refractivity contribution in [2.45, 2.75) is 39.2 Å². The van der Waals surface area contributed by atoms with Crippen molar-refractivity contribution >= 4 is 0 Å². The zero-order valence-corrected chi connectivity index (χ0v) is 9.11. The molecule has 0 aromatic rings. The van der Waals surface area contributed by atoms with Crippen molar-refractivity contribution in [1.82, 2.24) is 4.90 Å². The average molecular weight is 203 g/mol. The lowest BCUT2D eigenvalue weighted by Crippen LogP contribution is -2.46. The molecule has 1 aliphatic rings. The fraction of sp³-hybridized carbons (Fsp3) is 1.00. The van der Waals surface area contributed by atoms with Gasteiger partial charge in [-0.1, -0.05) is 13.8 Å². The minimum atomic E-state index is -0.760. The minimum absolute atomic E-state index is 0.0845. The molecular formula is C10H21NO3. The molecule has 0 aromatic heterocycles. The van der Waals surface area contributed by atoms with Crippen LogP contribution in [0.1, 0.15) is 26.7 Å². The molecule has 1 saturated heterocycles. The van der Waals surface area contributed by atoms with Crippen LogP contribution in [0, 0.1) is 0 Å². The van der Waals surface area contributed by atoms with Gasteiger partial charge < -0.3 is 14.6 Å². The van der Waals surface area contributed by atoms with Gasteiger partial charge in [-0.2, -0.15) is 0 Å². The summed E-state index contributed by atoms with van der Waals surface area (Å²) in [6, 6.07) is 0. The summed E-state index contributed by atoms with van der Waals surface area (Å²) in [6.07, 6.45) is 1.38. The molecule has 0 aromatic carbocycles. The molecule has 0 radical (unpaired) electrons. The molecule has 84 valence electrons. The van der Waals surface area contributed by atoms with Crippen molar-refractivity contribution in [3.8, 4) is 0 Å². The van der Waals surface area contributed by atoms with Gasteiger partial charge in [0.15, 0.2) is 0 Å². The molecule has 4 nitrogen and oxygen atoms in total. The van der Waals surface area contributed by atoms with E-state index in [-0.39, 0.29) is 6.10 Å². The largest absolute Gasteiger partial charge is 0.376 e. The molecule has 1 aliphatic heterocycles. The van der Waals surface area contributed by atoms with Crippen LogP contribution in [0.5, 0.6) is 0 Å². The van der Waals surface area contributed by atoms with Crippen molar-refractivity contribution < 1.29 is 14.6 Å². The van der Waals surface area contributed by atoms with Gasteiger partial charge in [-0.25, -0.2) is 0 Å². The highest BCUT2D eigenvalue weighted by Gasteiger charge is 2.25. The summed E-state index contributed by atoms with van der Waals surface area (Å²) in [4.78, 5) is 1.96. The Bertz CT molecular complexity index is 144. The average Bonchev–Trinajstić information content (AvgIpc) is 2.11. The van der Waals surface area contributed by atoms with Gasteiger partial charge >= 0.3 is 0 Å². The lowest BCUT2D eigenvalue weighted by atomic mass is 10.3. The summed E-state index contributed by atoms with van der Waals surface area (Å²) in [5.41, 5.74) is 0. The maximum Gasteiger partial charge on any atom is 0.216 e. The second-order valence-corrected chi connectivity index (χ2v) is 3.66. The second kappa shape index (κ2) is 6.35. The lowest BCUT2D eigenvalue weighted by molar-refractivity contribution is -0.262. The molecule has 1 fully saturated rings. The number of rotatable bonds is 7. The maximum absolute atomic E-state index is 9.75. The van der Waals surface area contributed by atoms with Gasteiger partial charge in [0.05, 0.1) is 13.2 Å². The van der Waals surface area contributed by atoms with Crippen molar-refractivity contribution in [3.63, 3.8) is 0 Å². The topological polar surface area (TPSA) is 41.9 Å². The number of hydrogen-bond acceptors (Lipinski definition) is 4. The molecule has 1 unspecified atom stereocenters. The van der Waals surface area contributed by atoms with E-state index in [1.807, 2.05) is 4.90 Å². The van der Waals surface area contributed by atoms with Crippen LogP contribution >= 0.6 is 0 Å². The fourth-order valence-corrected chi connectivity index (χ4v) is 1.46. The smallest absolute Gasteiger partial charge is 0.216 e. The van der Waals surface area contributed by atoms with Crippen molar-refractivity contribution in [2.24, 2.45) is 0 Å². The first-order valence-electron chi connectivity index (χ1n) is 5.43. The summed E-state index contributed by atoms with van der Waals surface area (Å²) < 4.78 is 10.4. The van der Waals surface area contributed by atoms with Gasteiger partial charge in [0.2, 0.25) is 6.41 Å². The predicted octanol–water partition coefficient (Wildman–Crippen LogP) is 0.800. The molecule has 0 amide bonds. The van der Waals surface area contributed by atoms with E-state index in [1.165, 1.54) is 0 Å². The number of ether oxygens (including phenoxy) is 2. The summed E-state index contributed by atoms with van der Waals surface area (Å²) in [6.45, 7) is 7.18. The Balaban J connectivity index is 2.24. The van der Waals surface area contributed by atoms with Gasteiger partial charge in [0.25, 0.3) is 0 Å². The third-order valence-corrected chi connectivity index (χ3v) is 2.26. The quantitative estimate of drug-likeness (QED) is 0.621. The van der Waals surface area contributed by atoms with E-state index in [0.717, 1.165) is 25.9 Å². The van der Waals surface area contributed by atoms with Gasteiger partial charge in [-0.15, -0.1) is 0 Å². The van der Waals surface area contributed by atoms with Crippen molar-refractivity contribution in [2.75, 3.05) is 26.3 Å². The molecule has 4 heteroatoms. The van der Waals surface area contributed by atoms with Crippen LogP contribution in [0.2, 0.25) is 0 Å². The summed E-state index contributed by atoms with van der Waals surface area (Å²) >= 11 is 0. The molecular weight excluding hydrogens is 182 g/mol. The molecule has 0 saturated carbocycles. The van der Waals surface area contributed by atoms with Crippen LogP contribution in [0.3, 0.4) is 0 Å². The monoisotopic (exact) mass is 203 g/mol. The number of hydrogen-bond donors (Lipinski definition) is 1. The van der Waals surface area contributed by atoms with Crippen molar-refractivity contribution in [3.05, 3.63) is 0 Å². The van der Waals surface area contributed by atoms with Crippen LogP contribution < -0.4 is 0 Å². The third kappa shape index (κ3) is 3.53. The third-order valence-electron chi connectivity index (χ3n) is 2.26. The van der Waals surface area contributed by atoms with Crippen molar-refractivity contribution in [1.29, 1.82) is 0 Å². The molecule has 1 atom stereocenters. The molecule has 1 rings (SSSR count). The predicted molar refractivity (Wildman–Crippen MR) is 53.9 cm³/mol. The molecule has 1 heterocycles. The van der Waals surface area contributed by atoms with E-state index in [9.17, 15) is 5.11 Å². The highest BCUT2D eigenvalue weighted by Crippen LogP contribution is 2.10. The summed E-state index contributed by atoms with van der Waals surface area (Å²) in [5, 5.41) is 9.75. The Kier molecular flexibility index (Phi) is 5.40. The number of nitrogens with zero attached hydrogens (tertiary/aromatic N) is 1. The zero-order chi connectivity index (χ0) is 10.4. The van der Waals surface area contributed by atoms with Gasteiger partial charge in [-0.05, 0) is 12.8 Å². The minimum Gasteiger partial charge on any atom is -0.376 e. The Hall–Kier alpha value is -0.160.